The van der Waals surface area contributed by atoms with Crippen LogP contribution in [-0.2, 0) is 4.74 Å². The maximum absolute atomic E-state index is 12.0. The first-order valence-electron chi connectivity index (χ1n) is 6.49. The van der Waals surface area contributed by atoms with Crippen LogP contribution in [0.3, 0.4) is 0 Å². The Morgan fingerprint density at radius 2 is 2.11 bits per heavy atom. The molecule has 0 aliphatic rings. The lowest BCUT2D eigenvalue weighted by molar-refractivity contribution is 0.0516. The van der Waals surface area contributed by atoms with Crippen molar-refractivity contribution in [1.82, 2.24) is 4.98 Å². The van der Waals surface area contributed by atoms with Crippen LogP contribution in [0.1, 0.15) is 42.7 Å². The number of ether oxygens (including phenoxy) is 3. The van der Waals surface area contributed by atoms with Gasteiger partial charge in [0.05, 0.1) is 20.3 Å². The number of carbonyl (C=O) groups is 1. The number of pyridine rings is 1. The van der Waals surface area contributed by atoms with Crippen LogP contribution in [0.2, 0.25) is 0 Å². The summed E-state index contributed by atoms with van der Waals surface area (Å²) in [5, 5.41) is 0. The van der Waals surface area contributed by atoms with Crippen molar-refractivity contribution in [3.05, 3.63) is 17.3 Å². The van der Waals surface area contributed by atoms with Crippen molar-refractivity contribution in [1.29, 1.82) is 0 Å². The van der Waals surface area contributed by atoms with E-state index in [4.69, 9.17) is 14.2 Å². The predicted molar refractivity (Wildman–Crippen MR) is 71.9 cm³/mol. The van der Waals surface area contributed by atoms with Crippen LogP contribution in [0.5, 0.6) is 11.6 Å². The lowest BCUT2D eigenvalue weighted by atomic mass is 10.2. The summed E-state index contributed by atoms with van der Waals surface area (Å²) in [6, 6.07) is 1.69. The molecule has 106 valence electrons. The molecule has 0 aliphatic carbocycles. The third kappa shape index (κ3) is 4.12. The Morgan fingerprint density at radius 1 is 1.37 bits per heavy atom. The number of hydrogen-bond acceptors (Lipinski definition) is 5. The molecule has 0 spiro atoms. The van der Waals surface area contributed by atoms with Crippen molar-refractivity contribution < 1.29 is 19.0 Å². The number of methoxy groups -OCH3 is 1. The van der Waals surface area contributed by atoms with E-state index in [1.807, 2.05) is 6.92 Å². The Kier molecular flexibility index (Phi) is 6.12. The zero-order valence-corrected chi connectivity index (χ0v) is 12.0. The van der Waals surface area contributed by atoms with E-state index in [0.29, 0.717) is 19.0 Å². The molecule has 0 amide bonds. The van der Waals surface area contributed by atoms with Crippen molar-refractivity contribution in [2.75, 3.05) is 20.3 Å². The van der Waals surface area contributed by atoms with Crippen LogP contribution in [0.4, 0.5) is 0 Å². The van der Waals surface area contributed by atoms with Gasteiger partial charge in [0.2, 0.25) is 5.88 Å². The Labute approximate surface area is 113 Å². The fourth-order valence-corrected chi connectivity index (χ4v) is 1.59. The topological polar surface area (TPSA) is 57.7 Å². The van der Waals surface area contributed by atoms with Gasteiger partial charge in [-0.15, -0.1) is 0 Å². The molecule has 0 aliphatic heterocycles. The SMILES string of the molecule is CCCCOc1nc(C)cc(OC)c1C(=O)OCC. The first kappa shape index (κ1) is 15.3. The molecule has 0 saturated carbocycles. The monoisotopic (exact) mass is 267 g/mol. The number of rotatable bonds is 7. The molecule has 0 fully saturated rings. The van der Waals surface area contributed by atoms with E-state index < -0.39 is 5.97 Å². The van der Waals surface area contributed by atoms with Gasteiger partial charge in [0, 0.05) is 11.8 Å². The molecule has 0 bridgehead atoms. The van der Waals surface area contributed by atoms with E-state index in [1.165, 1.54) is 7.11 Å². The summed E-state index contributed by atoms with van der Waals surface area (Å²) in [6.45, 7) is 6.46. The van der Waals surface area contributed by atoms with Gasteiger partial charge in [-0.25, -0.2) is 9.78 Å². The summed E-state index contributed by atoms with van der Waals surface area (Å²) in [7, 11) is 1.51. The molecule has 1 heterocycles. The number of hydrogen-bond donors (Lipinski definition) is 0. The maximum Gasteiger partial charge on any atom is 0.347 e. The van der Waals surface area contributed by atoms with Gasteiger partial charge in [-0.05, 0) is 20.3 Å². The molecule has 0 saturated heterocycles. The van der Waals surface area contributed by atoms with Crippen molar-refractivity contribution in [3.63, 3.8) is 0 Å². The average Bonchev–Trinajstić information content (AvgIpc) is 2.38. The van der Waals surface area contributed by atoms with E-state index in [9.17, 15) is 4.79 Å². The van der Waals surface area contributed by atoms with Crippen LogP contribution in [0, 0.1) is 6.92 Å². The smallest absolute Gasteiger partial charge is 0.347 e. The minimum Gasteiger partial charge on any atom is -0.496 e. The van der Waals surface area contributed by atoms with E-state index in [2.05, 4.69) is 11.9 Å². The number of unbranched alkanes of at least 4 members (excludes halogenated alkanes) is 1. The van der Waals surface area contributed by atoms with Crippen LogP contribution in [-0.4, -0.2) is 31.3 Å². The van der Waals surface area contributed by atoms with Gasteiger partial charge < -0.3 is 14.2 Å². The van der Waals surface area contributed by atoms with Gasteiger partial charge in [-0.2, -0.15) is 0 Å². The van der Waals surface area contributed by atoms with E-state index in [0.717, 1.165) is 18.5 Å². The second-order valence-corrected chi connectivity index (χ2v) is 4.07. The highest BCUT2D eigenvalue weighted by molar-refractivity contribution is 5.95. The highest BCUT2D eigenvalue weighted by Gasteiger charge is 2.22. The highest BCUT2D eigenvalue weighted by atomic mass is 16.5. The third-order valence-electron chi connectivity index (χ3n) is 2.51. The number of aryl methyl sites for hydroxylation is 1. The van der Waals surface area contributed by atoms with Crippen LogP contribution in [0.15, 0.2) is 6.07 Å². The van der Waals surface area contributed by atoms with Gasteiger partial charge in [-0.1, -0.05) is 13.3 Å². The lowest BCUT2D eigenvalue weighted by Gasteiger charge is -2.13. The average molecular weight is 267 g/mol. The van der Waals surface area contributed by atoms with Crippen LogP contribution < -0.4 is 9.47 Å². The van der Waals surface area contributed by atoms with Gasteiger partial charge in [0.1, 0.15) is 5.75 Å². The molecule has 5 heteroatoms. The van der Waals surface area contributed by atoms with Gasteiger partial charge in [0.25, 0.3) is 0 Å². The molecule has 0 radical (unpaired) electrons. The Balaban J connectivity index is 3.09. The number of aromatic nitrogens is 1. The van der Waals surface area contributed by atoms with Crippen LogP contribution >= 0.6 is 0 Å². The molecule has 19 heavy (non-hydrogen) atoms. The van der Waals surface area contributed by atoms with Crippen molar-refractivity contribution in [2.45, 2.75) is 33.6 Å². The maximum atomic E-state index is 12.0. The van der Waals surface area contributed by atoms with Crippen molar-refractivity contribution >= 4 is 5.97 Å². The van der Waals surface area contributed by atoms with E-state index in [1.54, 1.807) is 13.0 Å². The van der Waals surface area contributed by atoms with E-state index >= 15 is 0 Å². The second kappa shape index (κ2) is 7.61. The first-order valence-corrected chi connectivity index (χ1v) is 6.49. The van der Waals surface area contributed by atoms with Crippen LogP contribution in [0.25, 0.3) is 0 Å². The fraction of sp³-hybridized carbons (Fsp3) is 0.571. The van der Waals surface area contributed by atoms with E-state index in [-0.39, 0.29) is 11.4 Å². The van der Waals surface area contributed by atoms with Crippen molar-refractivity contribution in [2.24, 2.45) is 0 Å². The molecule has 1 aromatic rings. The summed E-state index contributed by atoms with van der Waals surface area (Å²) >= 11 is 0. The quantitative estimate of drug-likeness (QED) is 0.561. The Hall–Kier alpha value is -1.78. The molecule has 5 nitrogen and oxygen atoms in total. The molecule has 1 rings (SSSR count). The normalized spacial score (nSPS) is 10.1. The summed E-state index contributed by atoms with van der Waals surface area (Å²) < 4.78 is 15.8. The van der Waals surface area contributed by atoms with Crippen molar-refractivity contribution in [3.8, 4) is 11.6 Å². The summed E-state index contributed by atoms with van der Waals surface area (Å²) in [5.74, 6) is 0.236. The lowest BCUT2D eigenvalue weighted by Crippen LogP contribution is -2.12. The zero-order chi connectivity index (χ0) is 14.3. The molecule has 1 aromatic heterocycles. The summed E-state index contributed by atoms with van der Waals surface area (Å²) in [5.41, 5.74) is 0.988. The predicted octanol–water partition coefficient (Wildman–Crippen LogP) is 2.75. The second-order valence-electron chi connectivity index (χ2n) is 4.07. The minimum atomic E-state index is -0.474. The summed E-state index contributed by atoms with van der Waals surface area (Å²) in [6.07, 6.45) is 1.91. The largest absolute Gasteiger partial charge is 0.496 e. The molecular weight excluding hydrogens is 246 g/mol. The zero-order valence-electron chi connectivity index (χ0n) is 12.0. The molecule has 0 aromatic carbocycles. The Bertz CT molecular complexity index is 432. The molecular formula is C14H21NO4. The highest BCUT2D eigenvalue weighted by Crippen LogP contribution is 2.28. The minimum absolute atomic E-state index is 0.256. The first-order chi connectivity index (χ1) is 9.13. The number of carbonyl (C=O) groups excluding carboxylic acids is 1. The van der Waals surface area contributed by atoms with Gasteiger partial charge >= 0.3 is 5.97 Å². The molecule has 0 unspecified atom stereocenters. The number of nitrogens with zero attached hydrogens (tertiary/aromatic N) is 1. The molecule has 0 N–H and O–H groups in total. The standard InChI is InChI=1S/C14H21NO4/c1-5-7-8-19-13-12(14(16)18-6-2)11(17-4)9-10(3)15-13/h9H,5-8H2,1-4H3. The summed E-state index contributed by atoms with van der Waals surface area (Å²) in [4.78, 5) is 16.2. The molecule has 0 atom stereocenters. The Morgan fingerprint density at radius 3 is 2.68 bits per heavy atom. The third-order valence-corrected chi connectivity index (χ3v) is 2.51. The fourth-order valence-electron chi connectivity index (χ4n) is 1.59. The van der Waals surface area contributed by atoms with Gasteiger partial charge in [-0.3, -0.25) is 0 Å². The number of esters is 1. The van der Waals surface area contributed by atoms with Gasteiger partial charge in [0.15, 0.2) is 5.56 Å².